The summed E-state index contributed by atoms with van der Waals surface area (Å²) in [5.41, 5.74) is 6.25. The van der Waals surface area contributed by atoms with Gasteiger partial charge in [0.05, 0.1) is 21.6 Å². The SMILES string of the molecule is CC(C)(C)S(=O)(=O)Nc1ccc(-c2c(C(N)=O)c3cc(C(F)(F)F)cnc3n2C2CCCCC2)cc1. The van der Waals surface area contributed by atoms with Crippen LogP contribution in [0, 0.1) is 0 Å². The Morgan fingerprint density at radius 1 is 1.08 bits per heavy atom. The van der Waals surface area contributed by atoms with Crippen molar-refractivity contribution in [2.75, 3.05) is 4.72 Å². The molecular weight excluding hydrogens is 493 g/mol. The number of primary amides is 1. The zero-order valence-corrected chi connectivity index (χ0v) is 21.1. The number of sulfonamides is 1. The predicted molar refractivity (Wildman–Crippen MR) is 133 cm³/mol. The fraction of sp³-hybridized carbons (Fsp3) is 0.440. The molecule has 1 amide bonds. The zero-order chi connectivity index (χ0) is 26.5. The van der Waals surface area contributed by atoms with Crippen molar-refractivity contribution in [2.45, 2.75) is 69.8 Å². The molecule has 0 unspecified atom stereocenters. The van der Waals surface area contributed by atoms with E-state index in [1.807, 2.05) is 4.57 Å². The number of nitrogens with one attached hydrogen (secondary N) is 1. The van der Waals surface area contributed by atoms with Crippen LogP contribution in [-0.4, -0.2) is 28.6 Å². The molecule has 0 saturated heterocycles. The monoisotopic (exact) mass is 522 g/mol. The highest BCUT2D eigenvalue weighted by molar-refractivity contribution is 7.94. The first-order chi connectivity index (χ1) is 16.7. The fourth-order valence-electron chi connectivity index (χ4n) is 4.57. The number of halogens is 3. The average Bonchev–Trinajstić information content (AvgIpc) is 3.13. The van der Waals surface area contributed by atoms with Crippen molar-refractivity contribution in [1.29, 1.82) is 0 Å². The minimum atomic E-state index is -4.63. The van der Waals surface area contributed by atoms with Gasteiger partial charge in [0.15, 0.2) is 0 Å². The van der Waals surface area contributed by atoms with E-state index < -0.39 is 32.4 Å². The number of nitrogens with two attached hydrogens (primary N) is 1. The van der Waals surface area contributed by atoms with Gasteiger partial charge in [0.2, 0.25) is 10.0 Å². The van der Waals surface area contributed by atoms with Crippen molar-refractivity contribution in [3.8, 4) is 11.3 Å². The molecule has 1 aliphatic rings. The number of carbonyl (C=O) groups is 1. The molecule has 11 heteroatoms. The van der Waals surface area contributed by atoms with Gasteiger partial charge >= 0.3 is 6.18 Å². The molecule has 1 fully saturated rings. The molecule has 0 aliphatic heterocycles. The molecule has 1 aromatic carbocycles. The lowest BCUT2D eigenvalue weighted by Gasteiger charge is -2.26. The van der Waals surface area contributed by atoms with Gasteiger partial charge in [-0.2, -0.15) is 13.2 Å². The van der Waals surface area contributed by atoms with Crippen molar-refractivity contribution < 1.29 is 26.4 Å². The van der Waals surface area contributed by atoms with Crippen LogP contribution in [0.15, 0.2) is 36.5 Å². The number of amides is 1. The number of benzene rings is 1. The molecule has 0 atom stereocenters. The lowest BCUT2D eigenvalue weighted by Crippen LogP contribution is -2.33. The highest BCUT2D eigenvalue weighted by Crippen LogP contribution is 2.42. The Kier molecular flexibility index (Phi) is 6.57. The number of alkyl halides is 3. The quantitative estimate of drug-likeness (QED) is 0.437. The summed E-state index contributed by atoms with van der Waals surface area (Å²) < 4.78 is 68.9. The van der Waals surface area contributed by atoms with Gasteiger partial charge in [-0.15, -0.1) is 0 Å². The van der Waals surface area contributed by atoms with Crippen LogP contribution in [0.25, 0.3) is 22.3 Å². The van der Waals surface area contributed by atoms with Crippen LogP contribution in [0.5, 0.6) is 0 Å². The third-order valence-electron chi connectivity index (χ3n) is 6.57. The second-order valence-electron chi connectivity index (χ2n) is 10.1. The number of fused-ring (bicyclic) bond motifs is 1. The van der Waals surface area contributed by atoms with Gasteiger partial charge in [0, 0.05) is 23.3 Å². The van der Waals surface area contributed by atoms with Crippen molar-refractivity contribution in [3.63, 3.8) is 0 Å². The number of hydrogen-bond donors (Lipinski definition) is 2. The van der Waals surface area contributed by atoms with Gasteiger partial charge in [0.1, 0.15) is 5.65 Å². The maximum Gasteiger partial charge on any atom is 0.417 e. The molecule has 3 aromatic rings. The first-order valence-electron chi connectivity index (χ1n) is 11.7. The average molecular weight is 523 g/mol. The molecule has 7 nitrogen and oxygen atoms in total. The molecule has 0 bridgehead atoms. The summed E-state index contributed by atoms with van der Waals surface area (Å²) in [5, 5.41) is 0.0513. The summed E-state index contributed by atoms with van der Waals surface area (Å²) >= 11 is 0. The normalized spacial score (nSPS) is 15.8. The third-order valence-corrected chi connectivity index (χ3v) is 8.69. The van der Waals surface area contributed by atoms with Gasteiger partial charge in [-0.3, -0.25) is 9.52 Å². The van der Waals surface area contributed by atoms with Crippen LogP contribution >= 0.6 is 0 Å². The molecule has 2 heterocycles. The highest BCUT2D eigenvalue weighted by atomic mass is 32.2. The van der Waals surface area contributed by atoms with Gasteiger partial charge < -0.3 is 10.3 Å². The lowest BCUT2D eigenvalue weighted by atomic mass is 9.94. The van der Waals surface area contributed by atoms with Crippen molar-refractivity contribution >= 4 is 32.7 Å². The molecule has 0 radical (unpaired) electrons. The number of pyridine rings is 1. The highest BCUT2D eigenvalue weighted by Gasteiger charge is 2.34. The van der Waals surface area contributed by atoms with E-state index in [1.54, 1.807) is 45.0 Å². The number of aromatic nitrogens is 2. The summed E-state index contributed by atoms with van der Waals surface area (Å²) in [4.78, 5) is 16.8. The summed E-state index contributed by atoms with van der Waals surface area (Å²) in [6, 6.07) is 7.24. The summed E-state index contributed by atoms with van der Waals surface area (Å²) in [7, 11) is -3.66. The maximum atomic E-state index is 13.5. The van der Waals surface area contributed by atoms with E-state index in [0.29, 0.717) is 16.9 Å². The molecular formula is C25H29F3N4O3S. The first-order valence-corrected chi connectivity index (χ1v) is 13.2. The minimum Gasteiger partial charge on any atom is -0.366 e. The minimum absolute atomic E-state index is 0.0304. The Bertz CT molecular complexity index is 1400. The molecule has 1 saturated carbocycles. The Balaban J connectivity index is 1.92. The van der Waals surface area contributed by atoms with Crippen LogP contribution in [0.1, 0.15) is 74.8 Å². The third kappa shape index (κ3) is 4.80. The van der Waals surface area contributed by atoms with Crippen LogP contribution in [0.4, 0.5) is 18.9 Å². The number of carbonyl (C=O) groups excluding carboxylic acids is 1. The zero-order valence-electron chi connectivity index (χ0n) is 20.3. The second kappa shape index (κ2) is 9.10. The predicted octanol–water partition coefficient (Wildman–Crippen LogP) is 5.87. The maximum absolute atomic E-state index is 13.5. The number of anilines is 1. The molecule has 4 rings (SSSR count). The fourth-order valence-corrected chi connectivity index (χ4v) is 5.33. The first kappa shape index (κ1) is 26.0. The topological polar surface area (TPSA) is 107 Å². The standard InChI is InChI=1S/C25H29F3N4O3S/c1-24(2,3)36(34,35)31-17-11-9-15(10-12-17)21-20(22(29)33)19-13-16(25(26,27)28)14-30-23(19)32(21)18-7-5-4-6-8-18/h9-14,18,31H,4-8H2,1-3H3,(H2,29,33). The van der Waals surface area contributed by atoms with Crippen LogP contribution < -0.4 is 10.5 Å². The van der Waals surface area contributed by atoms with Gasteiger partial charge in [-0.1, -0.05) is 31.4 Å². The van der Waals surface area contributed by atoms with E-state index in [-0.39, 0.29) is 22.6 Å². The summed E-state index contributed by atoms with van der Waals surface area (Å²) in [6.45, 7) is 4.73. The van der Waals surface area contributed by atoms with Crippen LogP contribution in [0.2, 0.25) is 0 Å². The van der Waals surface area contributed by atoms with E-state index in [0.717, 1.165) is 44.4 Å². The van der Waals surface area contributed by atoms with Gasteiger partial charge in [-0.25, -0.2) is 13.4 Å². The van der Waals surface area contributed by atoms with Gasteiger partial charge in [0.25, 0.3) is 5.91 Å². The Morgan fingerprint density at radius 2 is 1.69 bits per heavy atom. The molecule has 194 valence electrons. The smallest absolute Gasteiger partial charge is 0.366 e. The largest absolute Gasteiger partial charge is 0.417 e. The van der Waals surface area contributed by atoms with E-state index in [1.165, 1.54) is 0 Å². The number of rotatable bonds is 5. The molecule has 2 aromatic heterocycles. The summed E-state index contributed by atoms with van der Waals surface area (Å²) in [5.74, 6) is -0.858. The number of nitrogens with zero attached hydrogens (tertiary/aromatic N) is 2. The Hall–Kier alpha value is -3.08. The van der Waals surface area contributed by atoms with Crippen molar-refractivity contribution in [3.05, 3.63) is 47.7 Å². The lowest BCUT2D eigenvalue weighted by molar-refractivity contribution is -0.137. The van der Waals surface area contributed by atoms with Crippen LogP contribution in [-0.2, 0) is 16.2 Å². The van der Waals surface area contributed by atoms with E-state index >= 15 is 0 Å². The van der Waals surface area contributed by atoms with Crippen molar-refractivity contribution in [1.82, 2.24) is 9.55 Å². The molecule has 0 spiro atoms. The van der Waals surface area contributed by atoms with Crippen LogP contribution in [0.3, 0.4) is 0 Å². The summed E-state index contributed by atoms with van der Waals surface area (Å²) in [6.07, 6.45) is 0.688. The molecule has 36 heavy (non-hydrogen) atoms. The molecule has 1 aliphatic carbocycles. The number of hydrogen-bond acceptors (Lipinski definition) is 4. The van der Waals surface area contributed by atoms with Gasteiger partial charge in [-0.05, 0) is 57.4 Å². The van der Waals surface area contributed by atoms with E-state index in [4.69, 9.17) is 5.73 Å². The Morgan fingerprint density at radius 3 is 2.22 bits per heavy atom. The van der Waals surface area contributed by atoms with E-state index in [9.17, 15) is 26.4 Å². The van der Waals surface area contributed by atoms with E-state index in [2.05, 4.69) is 9.71 Å². The second-order valence-corrected chi connectivity index (χ2v) is 12.6. The Labute approximate surface area is 207 Å². The van der Waals surface area contributed by atoms with Crippen molar-refractivity contribution in [2.24, 2.45) is 5.73 Å². The molecule has 3 N–H and O–H groups in total.